The Morgan fingerprint density at radius 1 is 1.31 bits per heavy atom. The van der Waals surface area contributed by atoms with Crippen LogP contribution in [0.3, 0.4) is 0 Å². The number of rotatable bonds is 3. The van der Waals surface area contributed by atoms with Crippen molar-refractivity contribution >= 4 is 34.1 Å². The number of nitrogens with zero attached hydrogens (tertiary/aromatic N) is 2. The molecule has 1 aliphatic carbocycles. The molecule has 1 aliphatic rings. The number of esters is 1. The number of hydrogen-bond donors (Lipinski definition) is 1. The van der Waals surface area contributed by atoms with Crippen molar-refractivity contribution in [2.75, 3.05) is 6.61 Å². The van der Waals surface area contributed by atoms with Crippen LogP contribution in [0.25, 0.3) is 16.6 Å². The number of H-pyrrole nitrogens is 1. The SMILES string of the molecule is CCOC(=O)c1cc2c(cc1Cl)[nH]c(=O)c1cnc(C3CCCCC3)n12. The van der Waals surface area contributed by atoms with Crippen LogP contribution in [-0.4, -0.2) is 26.9 Å². The van der Waals surface area contributed by atoms with E-state index in [1.54, 1.807) is 25.3 Å². The highest BCUT2D eigenvalue weighted by atomic mass is 35.5. The number of benzene rings is 1. The number of nitrogens with one attached hydrogen (secondary N) is 1. The van der Waals surface area contributed by atoms with Crippen molar-refractivity contribution in [3.05, 3.63) is 45.1 Å². The van der Waals surface area contributed by atoms with Crippen molar-refractivity contribution in [3.8, 4) is 0 Å². The molecule has 7 heteroatoms. The van der Waals surface area contributed by atoms with Crippen LogP contribution in [0.5, 0.6) is 0 Å². The highest BCUT2D eigenvalue weighted by Gasteiger charge is 2.23. The average Bonchev–Trinajstić information content (AvgIpc) is 3.08. The molecule has 0 amide bonds. The molecule has 0 spiro atoms. The van der Waals surface area contributed by atoms with E-state index in [1.807, 2.05) is 4.40 Å². The van der Waals surface area contributed by atoms with Gasteiger partial charge in [0.2, 0.25) is 0 Å². The van der Waals surface area contributed by atoms with Crippen molar-refractivity contribution in [1.82, 2.24) is 14.4 Å². The van der Waals surface area contributed by atoms with Gasteiger partial charge in [-0.1, -0.05) is 30.9 Å². The first-order chi connectivity index (χ1) is 12.6. The summed E-state index contributed by atoms with van der Waals surface area (Å²) in [7, 11) is 0. The maximum Gasteiger partial charge on any atom is 0.339 e. The van der Waals surface area contributed by atoms with Gasteiger partial charge in [0.25, 0.3) is 5.56 Å². The van der Waals surface area contributed by atoms with Gasteiger partial charge in [-0.05, 0) is 31.9 Å². The molecule has 1 fully saturated rings. The normalized spacial score (nSPS) is 15.6. The van der Waals surface area contributed by atoms with Crippen LogP contribution >= 0.6 is 11.6 Å². The Bertz CT molecular complexity index is 1050. The first-order valence-electron chi connectivity index (χ1n) is 9.00. The molecule has 0 radical (unpaired) electrons. The third kappa shape index (κ3) is 2.78. The molecule has 0 unspecified atom stereocenters. The van der Waals surface area contributed by atoms with Crippen molar-refractivity contribution in [1.29, 1.82) is 0 Å². The second-order valence-electron chi connectivity index (χ2n) is 6.70. The van der Waals surface area contributed by atoms with E-state index in [1.165, 1.54) is 19.3 Å². The monoisotopic (exact) mass is 373 g/mol. The highest BCUT2D eigenvalue weighted by molar-refractivity contribution is 6.34. The number of aromatic amines is 1. The molecular weight excluding hydrogens is 354 g/mol. The molecule has 0 saturated heterocycles. The Labute approximate surface area is 155 Å². The molecule has 0 bridgehead atoms. The molecule has 2 heterocycles. The third-order valence-corrected chi connectivity index (χ3v) is 5.37. The number of halogens is 1. The summed E-state index contributed by atoms with van der Waals surface area (Å²) in [5, 5.41) is 0.255. The summed E-state index contributed by atoms with van der Waals surface area (Å²) in [5.74, 6) is 0.726. The fourth-order valence-electron chi connectivity index (χ4n) is 3.83. The predicted octanol–water partition coefficient (Wildman–Crippen LogP) is 4.05. The summed E-state index contributed by atoms with van der Waals surface area (Å²) in [6, 6.07) is 3.29. The number of imidazole rings is 1. The lowest BCUT2D eigenvalue weighted by Crippen LogP contribution is -2.15. The van der Waals surface area contributed by atoms with E-state index in [0.29, 0.717) is 22.5 Å². The van der Waals surface area contributed by atoms with Gasteiger partial charge in [-0.3, -0.25) is 9.20 Å². The number of carbonyl (C=O) groups is 1. The maximum absolute atomic E-state index is 12.5. The Hall–Kier alpha value is -2.34. The van der Waals surface area contributed by atoms with Crippen LogP contribution in [0.4, 0.5) is 0 Å². The van der Waals surface area contributed by atoms with E-state index < -0.39 is 5.97 Å². The lowest BCUT2D eigenvalue weighted by atomic mass is 9.89. The first-order valence-corrected chi connectivity index (χ1v) is 9.38. The van der Waals surface area contributed by atoms with E-state index >= 15 is 0 Å². The van der Waals surface area contributed by atoms with E-state index in [4.69, 9.17) is 16.3 Å². The van der Waals surface area contributed by atoms with E-state index in [9.17, 15) is 9.59 Å². The predicted molar refractivity (Wildman–Crippen MR) is 100 cm³/mol. The minimum absolute atomic E-state index is 0.216. The summed E-state index contributed by atoms with van der Waals surface area (Å²) >= 11 is 6.25. The molecule has 1 saturated carbocycles. The number of aromatic nitrogens is 3. The lowest BCUT2D eigenvalue weighted by molar-refractivity contribution is 0.0526. The van der Waals surface area contributed by atoms with Gasteiger partial charge < -0.3 is 9.72 Å². The van der Waals surface area contributed by atoms with Crippen LogP contribution in [0.2, 0.25) is 5.02 Å². The summed E-state index contributed by atoms with van der Waals surface area (Å²) < 4.78 is 6.98. The van der Waals surface area contributed by atoms with E-state index in [-0.39, 0.29) is 22.8 Å². The zero-order valence-electron chi connectivity index (χ0n) is 14.5. The minimum atomic E-state index is -0.474. The van der Waals surface area contributed by atoms with Crippen molar-refractivity contribution in [2.45, 2.75) is 44.9 Å². The molecule has 6 nitrogen and oxygen atoms in total. The quantitative estimate of drug-likeness (QED) is 0.702. The van der Waals surface area contributed by atoms with Crippen molar-refractivity contribution in [3.63, 3.8) is 0 Å². The van der Waals surface area contributed by atoms with Crippen LogP contribution in [-0.2, 0) is 4.74 Å². The second kappa shape index (κ2) is 6.76. The topological polar surface area (TPSA) is 76.5 Å². The van der Waals surface area contributed by atoms with Gasteiger partial charge in [0.1, 0.15) is 11.3 Å². The van der Waals surface area contributed by atoms with Crippen LogP contribution in [0.1, 0.15) is 61.1 Å². The third-order valence-electron chi connectivity index (χ3n) is 5.06. The number of ether oxygens (including phenoxy) is 1. The smallest absolute Gasteiger partial charge is 0.339 e. The first kappa shape index (κ1) is 17.1. The van der Waals surface area contributed by atoms with Crippen molar-refractivity contribution < 1.29 is 9.53 Å². The van der Waals surface area contributed by atoms with Gasteiger partial charge in [-0.25, -0.2) is 9.78 Å². The molecular formula is C19H20ClN3O3. The second-order valence-corrected chi connectivity index (χ2v) is 7.10. The molecule has 2 aromatic heterocycles. The van der Waals surface area contributed by atoms with Gasteiger partial charge in [-0.15, -0.1) is 0 Å². The number of carbonyl (C=O) groups excluding carboxylic acids is 1. The van der Waals surface area contributed by atoms with Gasteiger partial charge >= 0.3 is 5.97 Å². The maximum atomic E-state index is 12.5. The number of fused-ring (bicyclic) bond motifs is 3. The van der Waals surface area contributed by atoms with Crippen LogP contribution in [0.15, 0.2) is 23.1 Å². The summed E-state index contributed by atoms with van der Waals surface area (Å²) in [5.41, 5.74) is 1.85. The lowest BCUT2D eigenvalue weighted by Gasteiger charge is -2.21. The Morgan fingerprint density at radius 3 is 2.81 bits per heavy atom. The molecule has 4 rings (SSSR count). The van der Waals surface area contributed by atoms with Gasteiger partial charge in [-0.2, -0.15) is 0 Å². The van der Waals surface area contributed by atoms with Crippen LogP contribution in [0, 0.1) is 0 Å². The summed E-state index contributed by atoms with van der Waals surface area (Å²) in [6.45, 7) is 2.02. The van der Waals surface area contributed by atoms with E-state index in [2.05, 4.69) is 9.97 Å². The molecule has 3 aromatic rings. The van der Waals surface area contributed by atoms with Crippen LogP contribution < -0.4 is 5.56 Å². The standard InChI is InChI=1S/C19H20ClN3O3/c1-2-26-19(25)12-8-15-14(9-13(12)20)22-18(24)16-10-21-17(23(15)16)11-6-4-3-5-7-11/h8-11H,2-7H2,1H3,(H,22,24). The molecule has 1 aromatic carbocycles. The molecule has 0 atom stereocenters. The summed E-state index contributed by atoms with van der Waals surface area (Å²) in [4.78, 5) is 32.1. The number of hydrogen-bond acceptors (Lipinski definition) is 4. The minimum Gasteiger partial charge on any atom is -0.462 e. The zero-order chi connectivity index (χ0) is 18.3. The molecule has 26 heavy (non-hydrogen) atoms. The molecule has 136 valence electrons. The fourth-order valence-corrected chi connectivity index (χ4v) is 4.07. The molecule has 0 aliphatic heterocycles. The van der Waals surface area contributed by atoms with Gasteiger partial charge in [0.15, 0.2) is 0 Å². The zero-order valence-corrected chi connectivity index (χ0v) is 15.3. The summed E-state index contributed by atoms with van der Waals surface area (Å²) in [6.07, 6.45) is 7.31. The van der Waals surface area contributed by atoms with E-state index in [0.717, 1.165) is 18.7 Å². The van der Waals surface area contributed by atoms with Crippen molar-refractivity contribution in [2.24, 2.45) is 0 Å². The highest BCUT2D eigenvalue weighted by Crippen LogP contribution is 2.33. The largest absolute Gasteiger partial charge is 0.462 e. The van der Waals surface area contributed by atoms with Gasteiger partial charge in [0.05, 0.1) is 34.4 Å². The Morgan fingerprint density at radius 2 is 2.08 bits per heavy atom. The van der Waals surface area contributed by atoms with Gasteiger partial charge in [0, 0.05) is 5.92 Å². The Kier molecular flexibility index (Phi) is 4.44. The fraction of sp³-hybridized carbons (Fsp3) is 0.421. The Balaban J connectivity index is 1.99. The average molecular weight is 374 g/mol. The molecule has 1 N–H and O–H groups in total.